The molecule has 0 aromatic carbocycles. The van der Waals surface area contributed by atoms with Gasteiger partial charge < -0.3 is 24.8 Å². The number of carbonyl (C=O) groups is 2. The molecule has 0 radical (unpaired) electrons. The Morgan fingerprint density at radius 1 is 0.658 bits per heavy atom. The van der Waals surface area contributed by atoms with Gasteiger partial charge in [0.1, 0.15) is 5.60 Å². The molecule has 0 saturated heterocycles. The Hall–Kier alpha value is -1.34. The smallest absolute Gasteiger partial charge is 0.407 e. The molecule has 0 bridgehead atoms. The van der Waals surface area contributed by atoms with Gasteiger partial charge in [-0.15, -0.1) is 0 Å². The summed E-state index contributed by atoms with van der Waals surface area (Å²) >= 11 is 0. The summed E-state index contributed by atoms with van der Waals surface area (Å²) in [6.45, 7) is 14.0. The third-order valence-electron chi connectivity index (χ3n) is 6.44. The second-order valence-electron chi connectivity index (χ2n) is 11.5. The van der Waals surface area contributed by atoms with Crippen LogP contribution in [0.15, 0.2) is 0 Å². The largest absolute Gasteiger partial charge is 0.465 e. The normalized spacial score (nSPS) is 12.3. The Labute approximate surface area is 234 Å². The van der Waals surface area contributed by atoms with Gasteiger partial charge in [-0.2, -0.15) is 0 Å². The predicted octanol–water partition coefficient (Wildman–Crippen LogP) is 7.56. The summed E-state index contributed by atoms with van der Waals surface area (Å²) in [6.07, 6.45) is 18.0. The molecule has 1 amide bonds. The first-order valence-electron chi connectivity index (χ1n) is 15.7. The lowest BCUT2D eigenvalue weighted by Gasteiger charge is -2.19. The van der Waals surface area contributed by atoms with E-state index in [0.717, 1.165) is 64.5 Å². The summed E-state index contributed by atoms with van der Waals surface area (Å²) in [5, 5.41) is 6.12. The van der Waals surface area contributed by atoms with Crippen molar-refractivity contribution in [3.63, 3.8) is 0 Å². The van der Waals surface area contributed by atoms with Crippen molar-refractivity contribution in [3.05, 3.63) is 0 Å². The van der Waals surface area contributed by atoms with E-state index in [1.54, 1.807) is 0 Å². The van der Waals surface area contributed by atoms with Crippen molar-refractivity contribution in [1.29, 1.82) is 0 Å². The lowest BCUT2D eigenvalue weighted by Crippen LogP contribution is -2.34. The highest BCUT2D eigenvalue weighted by Crippen LogP contribution is 2.20. The SMILES string of the molecule is CCCCCCCCC(CCCCCC)C(=O)OCCCCCNCCCOCCNC(=O)OC(C)(C)C. The van der Waals surface area contributed by atoms with Crippen molar-refractivity contribution < 1.29 is 23.8 Å². The van der Waals surface area contributed by atoms with Crippen molar-refractivity contribution in [2.24, 2.45) is 5.92 Å². The van der Waals surface area contributed by atoms with Gasteiger partial charge in [0.25, 0.3) is 0 Å². The summed E-state index contributed by atoms with van der Waals surface area (Å²) in [5.41, 5.74) is -0.482. The molecule has 1 atom stereocenters. The monoisotopic (exact) mass is 542 g/mol. The average Bonchev–Trinajstić information content (AvgIpc) is 2.86. The third kappa shape index (κ3) is 26.3. The predicted molar refractivity (Wildman–Crippen MR) is 158 cm³/mol. The molecule has 1 unspecified atom stereocenters. The van der Waals surface area contributed by atoms with Crippen LogP contribution in [0.2, 0.25) is 0 Å². The van der Waals surface area contributed by atoms with Crippen LogP contribution in [0.3, 0.4) is 0 Å². The molecule has 0 aliphatic heterocycles. The van der Waals surface area contributed by atoms with Gasteiger partial charge in [0, 0.05) is 13.2 Å². The van der Waals surface area contributed by atoms with Crippen LogP contribution in [-0.4, -0.2) is 57.1 Å². The molecule has 226 valence electrons. The summed E-state index contributed by atoms with van der Waals surface area (Å²) < 4.78 is 16.4. The van der Waals surface area contributed by atoms with Crippen molar-refractivity contribution in [2.75, 3.05) is 39.5 Å². The molecule has 7 heteroatoms. The van der Waals surface area contributed by atoms with Crippen LogP contribution < -0.4 is 10.6 Å². The number of carbonyl (C=O) groups excluding carboxylic acids is 2. The summed E-state index contributed by atoms with van der Waals surface area (Å²) in [6, 6.07) is 0. The Balaban J connectivity index is 3.72. The first-order valence-corrected chi connectivity index (χ1v) is 15.7. The molecule has 0 fully saturated rings. The lowest BCUT2D eigenvalue weighted by atomic mass is 9.94. The van der Waals surface area contributed by atoms with Crippen LogP contribution in [0.1, 0.15) is 137 Å². The Kier molecular flexibility index (Phi) is 25.0. The highest BCUT2D eigenvalue weighted by Gasteiger charge is 2.19. The van der Waals surface area contributed by atoms with Crippen LogP contribution in [0.25, 0.3) is 0 Å². The van der Waals surface area contributed by atoms with Gasteiger partial charge in [0.2, 0.25) is 0 Å². The molecule has 38 heavy (non-hydrogen) atoms. The average molecular weight is 543 g/mol. The zero-order valence-electron chi connectivity index (χ0n) is 25.7. The van der Waals surface area contributed by atoms with Gasteiger partial charge in [-0.3, -0.25) is 4.79 Å². The van der Waals surface area contributed by atoms with Crippen molar-refractivity contribution in [3.8, 4) is 0 Å². The third-order valence-corrected chi connectivity index (χ3v) is 6.44. The first-order chi connectivity index (χ1) is 18.3. The van der Waals surface area contributed by atoms with E-state index in [-0.39, 0.29) is 11.9 Å². The van der Waals surface area contributed by atoms with Gasteiger partial charge in [-0.1, -0.05) is 78.1 Å². The molecule has 0 aliphatic carbocycles. The fraction of sp³-hybridized carbons (Fsp3) is 0.935. The van der Waals surface area contributed by atoms with Crippen molar-refractivity contribution >= 4 is 12.1 Å². The second kappa shape index (κ2) is 25.9. The maximum Gasteiger partial charge on any atom is 0.407 e. The van der Waals surface area contributed by atoms with E-state index in [1.807, 2.05) is 20.8 Å². The second-order valence-corrected chi connectivity index (χ2v) is 11.5. The minimum Gasteiger partial charge on any atom is -0.465 e. The molecule has 0 saturated carbocycles. The van der Waals surface area contributed by atoms with Crippen LogP contribution in [0.4, 0.5) is 4.79 Å². The summed E-state index contributed by atoms with van der Waals surface area (Å²) in [5.74, 6) is 0.129. The van der Waals surface area contributed by atoms with E-state index < -0.39 is 11.7 Å². The number of hydrogen-bond donors (Lipinski definition) is 2. The number of alkyl carbamates (subject to hydrolysis) is 1. The van der Waals surface area contributed by atoms with Crippen LogP contribution in [-0.2, 0) is 19.0 Å². The van der Waals surface area contributed by atoms with E-state index in [2.05, 4.69) is 24.5 Å². The quantitative estimate of drug-likeness (QED) is 0.0866. The molecular formula is C31H62N2O5. The van der Waals surface area contributed by atoms with E-state index in [9.17, 15) is 9.59 Å². The van der Waals surface area contributed by atoms with Crippen molar-refractivity contribution in [1.82, 2.24) is 10.6 Å². The highest BCUT2D eigenvalue weighted by molar-refractivity contribution is 5.72. The number of hydrogen-bond acceptors (Lipinski definition) is 6. The number of rotatable bonds is 26. The molecule has 7 nitrogen and oxygen atoms in total. The summed E-state index contributed by atoms with van der Waals surface area (Å²) in [4.78, 5) is 24.2. The first kappa shape index (κ1) is 36.7. The zero-order valence-corrected chi connectivity index (χ0v) is 25.7. The van der Waals surface area contributed by atoms with Gasteiger partial charge in [-0.25, -0.2) is 4.79 Å². The maximum absolute atomic E-state index is 12.7. The lowest BCUT2D eigenvalue weighted by molar-refractivity contribution is -0.149. The molecule has 2 N–H and O–H groups in total. The van der Waals surface area contributed by atoms with Gasteiger partial charge in [0.15, 0.2) is 0 Å². The molecule has 0 spiro atoms. The van der Waals surface area contributed by atoms with Gasteiger partial charge in [0.05, 0.1) is 19.1 Å². The molecule has 0 aliphatic rings. The standard InChI is InChI=1S/C31H62N2O5/c1-6-8-10-12-13-16-21-28(20-15-11-9-7-2)29(34)37-26-18-14-17-22-32-23-19-25-36-27-24-33-30(35)38-31(3,4)5/h28,32H,6-27H2,1-5H3,(H,33,35). The Bertz CT molecular complexity index is 551. The van der Waals surface area contributed by atoms with E-state index >= 15 is 0 Å². The number of ether oxygens (including phenoxy) is 3. The number of nitrogens with one attached hydrogen (secondary N) is 2. The summed E-state index contributed by atoms with van der Waals surface area (Å²) in [7, 11) is 0. The number of amides is 1. The topological polar surface area (TPSA) is 85.9 Å². The number of unbranched alkanes of at least 4 members (excludes halogenated alkanes) is 10. The maximum atomic E-state index is 12.7. The molecule has 0 rings (SSSR count). The minimum absolute atomic E-state index is 0.0366. The molecular weight excluding hydrogens is 480 g/mol. The van der Waals surface area contributed by atoms with Gasteiger partial charge in [-0.05, 0) is 72.4 Å². The van der Waals surface area contributed by atoms with E-state index in [0.29, 0.717) is 26.4 Å². The molecule has 0 aromatic heterocycles. The highest BCUT2D eigenvalue weighted by atomic mass is 16.6. The van der Waals surface area contributed by atoms with E-state index in [4.69, 9.17) is 14.2 Å². The Morgan fingerprint density at radius 3 is 1.89 bits per heavy atom. The molecule has 0 heterocycles. The van der Waals surface area contributed by atoms with Crippen LogP contribution in [0, 0.1) is 5.92 Å². The Morgan fingerprint density at radius 2 is 1.24 bits per heavy atom. The van der Waals surface area contributed by atoms with E-state index in [1.165, 1.54) is 51.4 Å². The zero-order chi connectivity index (χ0) is 28.3. The van der Waals surface area contributed by atoms with Crippen LogP contribution in [0.5, 0.6) is 0 Å². The number of esters is 1. The molecule has 0 aromatic rings. The minimum atomic E-state index is -0.482. The van der Waals surface area contributed by atoms with Crippen LogP contribution >= 0.6 is 0 Å². The van der Waals surface area contributed by atoms with Crippen molar-refractivity contribution in [2.45, 2.75) is 143 Å². The fourth-order valence-corrected chi connectivity index (χ4v) is 4.25. The van der Waals surface area contributed by atoms with Gasteiger partial charge >= 0.3 is 12.1 Å². The fourth-order valence-electron chi connectivity index (χ4n) is 4.25.